The highest BCUT2D eigenvalue weighted by Crippen LogP contribution is 2.34. The Bertz CT molecular complexity index is 429. The van der Waals surface area contributed by atoms with Gasteiger partial charge in [0.2, 0.25) is 0 Å². The Kier molecular flexibility index (Phi) is 4.18. The monoisotopic (exact) mass is 279 g/mol. The van der Waals surface area contributed by atoms with Gasteiger partial charge in [0.05, 0.1) is 11.7 Å². The van der Waals surface area contributed by atoms with Gasteiger partial charge in [0.15, 0.2) is 0 Å². The van der Waals surface area contributed by atoms with Gasteiger partial charge in [-0.3, -0.25) is 4.68 Å². The molecule has 0 bridgehead atoms. The maximum Gasteiger partial charge on any atom is 0.0631 e. The first-order chi connectivity index (χ1) is 9.27. The van der Waals surface area contributed by atoms with Crippen LogP contribution in [0.15, 0.2) is 0 Å². The smallest absolute Gasteiger partial charge is 0.0631 e. The van der Waals surface area contributed by atoms with E-state index in [1.807, 2.05) is 0 Å². The summed E-state index contributed by atoms with van der Waals surface area (Å²) in [6, 6.07) is 0.649. The zero-order valence-corrected chi connectivity index (χ0v) is 12.9. The van der Waals surface area contributed by atoms with Gasteiger partial charge in [-0.1, -0.05) is 0 Å². The number of hydrogen-bond donors (Lipinski definition) is 1. The van der Waals surface area contributed by atoms with Gasteiger partial charge in [-0.2, -0.15) is 16.9 Å². The number of aromatic nitrogens is 2. The van der Waals surface area contributed by atoms with Crippen molar-refractivity contribution in [3.63, 3.8) is 0 Å². The Balaban J connectivity index is 1.86. The van der Waals surface area contributed by atoms with Gasteiger partial charge in [0.1, 0.15) is 0 Å². The van der Waals surface area contributed by atoms with Gasteiger partial charge in [0, 0.05) is 5.69 Å². The second-order valence-corrected chi connectivity index (χ2v) is 7.12. The summed E-state index contributed by atoms with van der Waals surface area (Å²) in [6.45, 7) is 6.82. The van der Waals surface area contributed by atoms with Crippen molar-refractivity contribution in [3.05, 3.63) is 17.0 Å². The molecular formula is C15H25N3S. The van der Waals surface area contributed by atoms with E-state index >= 15 is 0 Å². The molecule has 0 spiro atoms. The zero-order chi connectivity index (χ0) is 13.2. The Hall–Kier alpha value is -0.480. The molecule has 106 valence electrons. The summed E-state index contributed by atoms with van der Waals surface area (Å²) in [5.74, 6) is 3.32. The summed E-state index contributed by atoms with van der Waals surface area (Å²) >= 11 is 2.09. The molecule has 4 heteroatoms. The second kappa shape index (κ2) is 5.88. The SMILES string of the molecule is Cc1nn(C2CCSCC2)c(C)c1C1CCNCC1. The molecule has 2 aliphatic heterocycles. The zero-order valence-electron chi connectivity index (χ0n) is 12.1. The maximum atomic E-state index is 4.90. The van der Waals surface area contributed by atoms with Crippen LogP contribution < -0.4 is 5.32 Å². The van der Waals surface area contributed by atoms with E-state index in [0.29, 0.717) is 6.04 Å². The number of rotatable bonds is 2. The highest BCUT2D eigenvalue weighted by Gasteiger charge is 2.26. The quantitative estimate of drug-likeness (QED) is 0.902. The van der Waals surface area contributed by atoms with Crippen LogP contribution in [-0.4, -0.2) is 34.4 Å². The molecule has 19 heavy (non-hydrogen) atoms. The van der Waals surface area contributed by atoms with Crippen LogP contribution in [-0.2, 0) is 0 Å². The number of nitrogens with one attached hydrogen (secondary N) is 1. The molecule has 2 fully saturated rings. The van der Waals surface area contributed by atoms with Crippen LogP contribution in [0.3, 0.4) is 0 Å². The van der Waals surface area contributed by atoms with Crippen LogP contribution in [0.5, 0.6) is 0 Å². The third-order valence-electron chi connectivity index (χ3n) is 4.67. The summed E-state index contributed by atoms with van der Waals surface area (Å²) in [5, 5.41) is 8.36. The lowest BCUT2D eigenvalue weighted by Gasteiger charge is -2.25. The summed E-state index contributed by atoms with van der Waals surface area (Å²) in [4.78, 5) is 0. The van der Waals surface area contributed by atoms with Crippen molar-refractivity contribution in [2.24, 2.45) is 0 Å². The number of hydrogen-bond acceptors (Lipinski definition) is 3. The molecule has 0 aliphatic carbocycles. The first kappa shape index (κ1) is 13.5. The van der Waals surface area contributed by atoms with Crippen LogP contribution >= 0.6 is 11.8 Å². The van der Waals surface area contributed by atoms with E-state index in [1.165, 1.54) is 48.6 Å². The number of aryl methyl sites for hydroxylation is 1. The van der Waals surface area contributed by atoms with Crippen molar-refractivity contribution in [2.45, 2.75) is 51.5 Å². The molecule has 0 aromatic carbocycles. The normalized spacial score (nSPS) is 22.8. The molecule has 2 saturated heterocycles. The van der Waals surface area contributed by atoms with Gasteiger partial charge < -0.3 is 5.32 Å². The summed E-state index contributed by atoms with van der Waals surface area (Å²) in [6.07, 6.45) is 5.12. The topological polar surface area (TPSA) is 29.9 Å². The van der Waals surface area contributed by atoms with E-state index in [-0.39, 0.29) is 0 Å². The maximum absolute atomic E-state index is 4.90. The summed E-state index contributed by atoms with van der Waals surface area (Å²) in [7, 11) is 0. The first-order valence-electron chi connectivity index (χ1n) is 7.61. The minimum absolute atomic E-state index is 0.649. The lowest BCUT2D eigenvalue weighted by atomic mass is 9.89. The van der Waals surface area contributed by atoms with Crippen LogP contribution in [0.2, 0.25) is 0 Å². The molecular weight excluding hydrogens is 254 g/mol. The van der Waals surface area contributed by atoms with E-state index < -0.39 is 0 Å². The van der Waals surface area contributed by atoms with Crippen molar-refractivity contribution in [3.8, 4) is 0 Å². The number of thioether (sulfide) groups is 1. The van der Waals surface area contributed by atoms with E-state index in [9.17, 15) is 0 Å². The minimum Gasteiger partial charge on any atom is -0.317 e. The molecule has 1 aromatic rings. The Morgan fingerprint density at radius 1 is 1.11 bits per heavy atom. The molecule has 0 saturated carbocycles. The molecule has 0 amide bonds. The van der Waals surface area contributed by atoms with Crippen LogP contribution in [0.1, 0.15) is 54.6 Å². The van der Waals surface area contributed by atoms with Gasteiger partial charge in [-0.25, -0.2) is 0 Å². The standard InChI is InChI=1S/C15H25N3S/c1-11-15(13-3-7-16-8-4-13)12(2)18(17-11)14-5-9-19-10-6-14/h13-14,16H,3-10H2,1-2H3. The number of nitrogens with zero attached hydrogens (tertiary/aromatic N) is 2. The van der Waals surface area contributed by atoms with Crippen molar-refractivity contribution >= 4 is 11.8 Å². The van der Waals surface area contributed by atoms with Gasteiger partial charge >= 0.3 is 0 Å². The van der Waals surface area contributed by atoms with Crippen LogP contribution in [0.25, 0.3) is 0 Å². The molecule has 3 heterocycles. The lowest BCUT2D eigenvalue weighted by Crippen LogP contribution is -2.27. The van der Waals surface area contributed by atoms with Gasteiger partial charge in [0.25, 0.3) is 0 Å². The lowest BCUT2D eigenvalue weighted by molar-refractivity contribution is 0.414. The Morgan fingerprint density at radius 3 is 2.47 bits per heavy atom. The van der Waals surface area contributed by atoms with Crippen molar-refractivity contribution in [1.82, 2.24) is 15.1 Å². The predicted molar refractivity (Wildman–Crippen MR) is 82.1 cm³/mol. The van der Waals surface area contributed by atoms with Crippen molar-refractivity contribution in [2.75, 3.05) is 24.6 Å². The van der Waals surface area contributed by atoms with Gasteiger partial charge in [-0.05, 0) is 75.6 Å². The predicted octanol–water partition coefficient (Wildman–Crippen LogP) is 3.04. The largest absolute Gasteiger partial charge is 0.317 e. The van der Waals surface area contributed by atoms with Crippen molar-refractivity contribution in [1.29, 1.82) is 0 Å². The molecule has 3 rings (SSSR count). The summed E-state index contributed by atoms with van der Waals surface area (Å²) in [5.41, 5.74) is 4.28. The fraction of sp³-hybridized carbons (Fsp3) is 0.800. The molecule has 0 unspecified atom stereocenters. The third-order valence-corrected chi connectivity index (χ3v) is 5.71. The van der Waals surface area contributed by atoms with E-state index in [4.69, 9.17) is 5.10 Å². The fourth-order valence-electron chi connectivity index (χ4n) is 3.66. The highest BCUT2D eigenvalue weighted by molar-refractivity contribution is 7.99. The Labute approximate surface area is 120 Å². The average Bonchev–Trinajstić information content (AvgIpc) is 2.76. The minimum atomic E-state index is 0.649. The van der Waals surface area contributed by atoms with E-state index in [2.05, 4.69) is 35.6 Å². The highest BCUT2D eigenvalue weighted by atomic mass is 32.2. The van der Waals surface area contributed by atoms with Gasteiger partial charge in [-0.15, -0.1) is 0 Å². The molecule has 1 N–H and O–H groups in total. The average molecular weight is 279 g/mol. The molecule has 3 nitrogen and oxygen atoms in total. The second-order valence-electron chi connectivity index (χ2n) is 5.90. The fourth-order valence-corrected chi connectivity index (χ4v) is 4.74. The summed E-state index contributed by atoms with van der Waals surface area (Å²) < 4.78 is 2.35. The van der Waals surface area contributed by atoms with E-state index in [0.717, 1.165) is 19.0 Å². The molecule has 1 aromatic heterocycles. The van der Waals surface area contributed by atoms with Crippen LogP contribution in [0.4, 0.5) is 0 Å². The third kappa shape index (κ3) is 2.70. The van der Waals surface area contributed by atoms with Crippen molar-refractivity contribution < 1.29 is 0 Å². The molecule has 0 atom stereocenters. The van der Waals surface area contributed by atoms with Crippen LogP contribution in [0, 0.1) is 13.8 Å². The molecule has 0 radical (unpaired) electrons. The Morgan fingerprint density at radius 2 is 1.79 bits per heavy atom. The molecule has 2 aliphatic rings. The first-order valence-corrected chi connectivity index (χ1v) is 8.77. The number of piperidine rings is 1. The van der Waals surface area contributed by atoms with E-state index in [1.54, 1.807) is 5.56 Å².